The van der Waals surface area contributed by atoms with Gasteiger partial charge in [0.05, 0.1) is 0 Å². The Morgan fingerprint density at radius 3 is 2.47 bits per heavy atom. The fourth-order valence-corrected chi connectivity index (χ4v) is 1.77. The largest absolute Gasteiger partial charge is 0.481 e. The van der Waals surface area contributed by atoms with Gasteiger partial charge in [-0.15, -0.1) is 0 Å². The van der Waals surface area contributed by atoms with Gasteiger partial charge in [-0.05, 0) is 37.0 Å². The molecule has 1 aromatic carbocycles. The molecule has 0 atom stereocenters. The Balaban J connectivity index is 2.41. The number of hydrogen-bond acceptors (Lipinski definition) is 1. The Labute approximate surface area is 103 Å². The van der Waals surface area contributed by atoms with Crippen molar-refractivity contribution < 1.29 is 18.7 Å². The van der Waals surface area contributed by atoms with Crippen molar-refractivity contribution in [2.75, 3.05) is 0 Å². The molecule has 1 rings (SSSR count). The van der Waals surface area contributed by atoms with E-state index in [1.54, 1.807) is 0 Å². The topological polar surface area (TPSA) is 37.3 Å². The van der Waals surface area contributed by atoms with E-state index < -0.39 is 17.6 Å². The summed E-state index contributed by atoms with van der Waals surface area (Å²) >= 11 is 5.76. The molecule has 1 N–H and O–H groups in total. The van der Waals surface area contributed by atoms with E-state index in [-0.39, 0.29) is 11.4 Å². The maximum absolute atomic E-state index is 12.9. The first-order valence-electron chi connectivity index (χ1n) is 5.36. The van der Waals surface area contributed by atoms with Crippen LogP contribution in [0.3, 0.4) is 0 Å². The minimum atomic E-state index is -0.954. The molecular formula is C12H13ClF2O2. The summed E-state index contributed by atoms with van der Waals surface area (Å²) in [6.07, 6.45) is 2.66. The fourth-order valence-electron chi connectivity index (χ4n) is 1.52. The van der Waals surface area contributed by atoms with Crippen molar-refractivity contribution in [3.63, 3.8) is 0 Å². The molecule has 94 valence electrons. The number of carboxylic acid groups (broad SMARTS) is 1. The van der Waals surface area contributed by atoms with Crippen LogP contribution in [0.25, 0.3) is 0 Å². The summed E-state index contributed by atoms with van der Waals surface area (Å²) < 4.78 is 25.7. The maximum Gasteiger partial charge on any atom is 0.303 e. The summed E-state index contributed by atoms with van der Waals surface area (Å²) in [7, 11) is 0. The van der Waals surface area contributed by atoms with Gasteiger partial charge in [-0.2, -0.15) is 0 Å². The van der Waals surface area contributed by atoms with Gasteiger partial charge in [0.2, 0.25) is 0 Å². The van der Waals surface area contributed by atoms with E-state index in [1.165, 1.54) is 0 Å². The van der Waals surface area contributed by atoms with Crippen molar-refractivity contribution in [1.29, 1.82) is 0 Å². The molecule has 0 saturated carbocycles. The van der Waals surface area contributed by atoms with Crippen molar-refractivity contribution in [2.24, 2.45) is 0 Å². The summed E-state index contributed by atoms with van der Waals surface area (Å²) in [4.78, 5) is 10.3. The number of halogens is 3. The number of unbranched alkanes of at least 4 members (excludes halogenated alkanes) is 2. The number of aryl methyl sites for hydroxylation is 1. The number of aliphatic carboxylic acids is 1. The normalized spacial score (nSPS) is 10.5. The van der Waals surface area contributed by atoms with E-state index >= 15 is 0 Å². The highest BCUT2D eigenvalue weighted by atomic mass is 35.5. The van der Waals surface area contributed by atoms with Gasteiger partial charge in [-0.25, -0.2) is 8.78 Å². The molecule has 0 spiro atoms. The molecule has 0 radical (unpaired) electrons. The molecule has 5 heteroatoms. The molecule has 1 aromatic rings. The Morgan fingerprint density at radius 1 is 1.18 bits per heavy atom. The molecule has 17 heavy (non-hydrogen) atoms. The van der Waals surface area contributed by atoms with Gasteiger partial charge in [0.25, 0.3) is 0 Å². The molecule has 0 aliphatic rings. The van der Waals surface area contributed by atoms with Crippen LogP contribution in [0.4, 0.5) is 8.78 Å². The molecule has 0 aliphatic heterocycles. The average Bonchev–Trinajstić information content (AvgIpc) is 2.24. The molecule has 0 amide bonds. The molecule has 2 nitrogen and oxygen atoms in total. The third-order valence-corrected chi connectivity index (χ3v) is 2.78. The summed E-state index contributed by atoms with van der Waals surface area (Å²) in [5.74, 6) is -2.68. The van der Waals surface area contributed by atoms with Crippen LogP contribution in [0.5, 0.6) is 0 Å². The average molecular weight is 263 g/mol. The number of hydrogen-bond donors (Lipinski definition) is 1. The second-order valence-electron chi connectivity index (χ2n) is 3.81. The zero-order valence-electron chi connectivity index (χ0n) is 9.18. The number of carboxylic acids is 1. The molecular weight excluding hydrogens is 250 g/mol. The summed E-state index contributed by atoms with van der Waals surface area (Å²) in [5, 5.41) is 8.64. The standard InChI is InChI=1S/C12H13ClF2O2/c13-9-7-11(15)10(14)6-8(9)4-2-1-3-5-12(16)17/h6-7H,1-5H2,(H,16,17). The van der Waals surface area contributed by atoms with E-state index in [0.29, 0.717) is 24.8 Å². The zero-order chi connectivity index (χ0) is 12.8. The lowest BCUT2D eigenvalue weighted by atomic mass is 10.1. The van der Waals surface area contributed by atoms with Crippen molar-refractivity contribution in [1.82, 2.24) is 0 Å². The molecule has 0 bridgehead atoms. The van der Waals surface area contributed by atoms with Crippen molar-refractivity contribution in [2.45, 2.75) is 32.1 Å². The summed E-state index contributed by atoms with van der Waals surface area (Å²) in [5.41, 5.74) is 0.556. The maximum atomic E-state index is 12.9. The Hall–Kier alpha value is -1.16. The second-order valence-corrected chi connectivity index (χ2v) is 4.22. The lowest BCUT2D eigenvalue weighted by Crippen LogP contribution is -1.95. The molecule has 0 aliphatic carbocycles. The minimum Gasteiger partial charge on any atom is -0.481 e. The van der Waals surface area contributed by atoms with Crippen molar-refractivity contribution >= 4 is 17.6 Å². The highest BCUT2D eigenvalue weighted by Gasteiger charge is 2.08. The summed E-state index contributed by atoms with van der Waals surface area (Å²) in [6, 6.07) is 2.05. The Bertz CT molecular complexity index is 408. The van der Waals surface area contributed by atoms with Crippen LogP contribution in [0.15, 0.2) is 12.1 Å². The molecule has 0 unspecified atom stereocenters. The van der Waals surface area contributed by atoms with Gasteiger partial charge < -0.3 is 5.11 Å². The molecule has 0 aromatic heterocycles. The first kappa shape index (κ1) is 13.9. The molecule has 0 fully saturated rings. The predicted octanol–water partition coefficient (Wildman–Crippen LogP) is 3.81. The van der Waals surface area contributed by atoms with E-state index in [1.807, 2.05) is 0 Å². The predicted molar refractivity (Wildman–Crippen MR) is 61.2 cm³/mol. The van der Waals surface area contributed by atoms with Crippen LogP contribution in [-0.4, -0.2) is 11.1 Å². The van der Waals surface area contributed by atoms with E-state index in [4.69, 9.17) is 16.7 Å². The number of carbonyl (C=O) groups is 1. The van der Waals surface area contributed by atoms with Crippen molar-refractivity contribution in [3.8, 4) is 0 Å². The Morgan fingerprint density at radius 2 is 1.82 bits per heavy atom. The monoisotopic (exact) mass is 262 g/mol. The van der Waals surface area contributed by atoms with Gasteiger partial charge in [-0.3, -0.25) is 4.79 Å². The third kappa shape index (κ3) is 4.69. The first-order chi connectivity index (χ1) is 8.00. The summed E-state index contributed by atoms with van der Waals surface area (Å²) in [6.45, 7) is 0. The highest BCUT2D eigenvalue weighted by molar-refractivity contribution is 6.31. The van der Waals surface area contributed by atoms with Gasteiger partial charge in [0.15, 0.2) is 11.6 Å². The smallest absolute Gasteiger partial charge is 0.303 e. The fraction of sp³-hybridized carbons (Fsp3) is 0.417. The van der Waals surface area contributed by atoms with Gasteiger partial charge in [0.1, 0.15) is 0 Å². The van der Waals surface area contributed by atoms with E-state index in [2.05, 4.69) is 0 Å². The Kier molecular flexibility index (Phi) is 5.35. The molecule has 0 heterocycles. The van der Waals surface area contributed by atoms with E-state index in [0.717, 1.165) is 18.6 Å². The van der Waals surface area contributed by atoms with Crippen LogP contribution in [-0.2, 0) is 11.2 Å². The van der Waals surface area contributed by atoms with Gasteiger partial charge in [-0.1, -0.05) is 18.0 Å². The van der Waals surface area contributed by atoms with Crippen molar-refractivity contribution in [3.05, 3.63) is 34.4 Å². The SMILES string of the molecule is O=C(O)CCCCCc1cc(F)c(F)cc1Cl. The zero-order valence-corrected chi connectivity index (χ0v) is 9.94. The lowest BCUT2D eigenvalue weighted by molar-refractivity contribution is -0.137. The van der Waals surface area contributed by atoms with E-state index in [9.17, 15) is 13.6 Å². The minimum absolute atomic E-state index is 0.130. The first-order valence-corrected chi connectivity index (χ1v) is 5.73. The van der Waals surface area contributed by atoms with Crippen LogP contribution < -0.4 is 0 Å². The quantitative estimate of drug-likeness (QED) is 0.625. The van der Waals surface area contributed by atoms with Crippen LogP contribution in [0, 0.1) is 11.6 Å². The van der Waals surface area contributed by atoms with Crippen LogP contribution >= 0.6 is 11.6 Å². The number of benzene rings is 1. The highest BCUT2D eigenvalue weighted by Crippen LogP contribution is 2.22. The van der Waals surface area contributed by atoms with Gasteiger partial charge >= 0.3 is 5.97 Å². The number of rotatable bonds is 6. The lowest BCUT2D eigenvalue weighted by Gasteiger charge is -2.05. The van der Waals surface area contributed by atoms with Crippen LogP contribution in [0.1, 0.15) is 31.2 Å². The third-order valence-electron chi connectivity index (χ3n) is 2.43. The van der Waals surface area contributed by atoms with Crippen LogP contribution in [0.2, 0.25) is 5.02 Å². The molecule has 0 saturated heterocycles. The second kappa shape index (κ2) is 6.55. The van der Waals surface area contributed by atoms with Gasteiger partial charge in [0, 0.05) is 11.4 Å².